The van der Waals surface area contributed by atoms with E-state index in [0.29, 0.717) is 6.04 Å². The molecule has 0 bridgehead atoms. The minimum absolute atomic E-state index is 0.0773. The number of epoxide rings is 2. The van der Waals surface area contributed by atoms with Crippen LogP contribution in [0.4, 0.5) is 0 Å². The van der Waals surface area contributed by atoms with Crippen molar-refractivity contribution in [3.63, 3.8) is 0 Å². The Kier molecular flexibility index (Phi) is 5.12. The van der Waals surface area contributed by atoms with Gasteiger partial charge in [0.25, 0.3) is 0 Å². The number of allylic oxidation sites excluding steroid dienone is 1. The fourth-order valence-electron chi connectivity index (χ4n) is 4.80. The molecule has 1 N–H and O–H groups in total. The molecule has 0 aromatic rings. The number of carbonyl (C=O) groups is 1. The normalized spacial score (nSPS) is 42.7. The zero-order valence-corrected chi connectivity index (χ0v) is 17.0. The van der Waals surface area contributed by atoms with E-state index in [1.165, 1.54) is 5.57 Å². The second-order valence-electron chi connectivity index (χ2n) is 9.06. The summed E-state index contributed by atoms with van der Waals surface area (Å²) in [7, 11) is 1.71. The van der Waals surface area contributed by atoms with Crippen LogP contribution in [0.3, 0.4) is 0 Å². The van der Waals surface area contributed by atoms with Gasteiger partial charge in [0.05, 0.1) is 25.2 Å². The lowest BCUT2D eigenvalue weighted by Gasteiger charge is -2.42. The molecule has 1 spiro atoms. The number of carbonyl (C=O) groups excluding carboxylic acids is 1. The summed E-state index contributed by atoms with van der Waals surface area (Å²) >= 11 is 0. The number of methoxy groups -OCH3 is 1. The van der Waals surface area contributed by atoms with Crippen LogP contribution in [0.1, 0.15) is 52.9 Å². The largest absolute Gasteiger partial charge is 0.459 e. The van der Waals surface area contributed by atoms with Gasteiger partial charge in [0.1, 0.15) is 23.4 Å². The number of rotatable bonds is 8. The Morgan fingerprint density at radius 2 is 2.04 bits per heavy atom. The molecule has 2 saturated heterocycles. The number of hydrogen-bond acceptors (Lipinski definition) is 6. The van der Waals surface area contributed by atoms with E-state index in [2.05, 4.69) is 32.2 Å². The van der Waals surface area contributed by atoms with Gasteiger partial charge in [-0.3, -0.25) is 4.79 Å². The molecule has 0 unspecified atom stereocenters. The first-order chi connectivity index (χ1) is 12.9. The maximum atomic E-state index is 12.3. The average Bonchev–Trinajstić information content (AvgIpc) is 3.50. The first-order valence-corrected chi connectivity index (χ1v) is 10.3. The summed E-state index contributed by atoms with van der Waals surface area (Å²) in [5.41, 5.74) is 0.831. The predicted octanol–water partition coefficient (Wildman–Crippen LogP) is 2.36. The molecule has 2 aliphatic carbocycles. The Bertz CT molecular complexity index is 608. The van der Waals surface area contributed by atoms with Crippen molar-refractivity contribution >= 4 is 5.97 Å². The predicted molar refractivity (Wildman–Crippen MR) is 100 cm³/mol. The first kappa shape index (κ1) is 19.4. The van der Waals surface area contributed by atoms with Crippen LogP contribution >= 0.6 is 0 Å². The number of ether oxygens (including phenoxy) is 4. The molecule has 0 radical (unpaired) electrons. The minimum Gasteiger partial charge on any atom is -0.459 e. The molecule has 4 fully saturated rings. The molecule has 6 atom stereocenters. The van der Waals surface area contributed by atoms with Gasteiger partial charge in [-0.15, -0.1) is 0 Å². The molecule has 4 aliphatic rings. The zero-order valence-electron chi connectivity index (χ0n) is 17.0. The molecule has 2 aliphatic heterocycles. The Morgan fingerprint density at radius 1 is 1.30 bits per heavy atom. The average molecular weight is 379 g/mol. The quantitative estimate of drug-likeness (QED) is 0.397. The third-order valence-corrected chi connectivity index (χ3v) is 6.63. The highest BCUT2D eigenvalue weighted by atomic mass is 16.6. The zero-order chi connectivity index (χ0) is 19.2. The summed E-state index contributed by atoms with van der Waals surface area (Å²) < 4.78 is 23.8. The topological polar surface area (TPSA) is 72.6 Å². The molecule has 6 nitrogen and oxygen atoms in total. The molecule has 152 valence electrons. The molecule has 27 heavy (non-hydrogen) atoms. The van der Waals surface area contributed by atoms with E-state index in [1.807, 2.05) is 0 Å². The van der Waals surface area contributed by atoms with Gasteiger partial charge in [0.2, 0.25) is 0 Å². The van der Waals surface area contributed by atoms with Crippen LogP contribution in [0.25, 0.3) is 0 Å². The van der Waals surface area contributed by atoms with Crippen LogP contribution in [0, 0.1) is 5.92 Å². The maximum Gasteiger partial charge on any atom is 0.320 e. The lowest BCUT2D eigenvalue weighted by atomic mass is 9.68. The molecule has 0 amide bonds. The fourth-order valence-corrected chi connectivity index (χ4v) is 4.80. The minimum atomic E-state index is -0.291. The smallest absolute Gasteiger partial charge is 0.320 e. The van der Waals surface area contributed by atoms with E-state index < -0.39 is 0 Å². The SMILES string of the molecule is CO[C@@H]1[C@H](OC(=O)CNC2CC2)CC[C@]2(CO2)[C@H]1[C@]1(C)O[C@@H]1CC=C(C)C. The highest BCUT2D eigenvalue weighted by molar-refractivity contribution is 5.72. The highest BCUT2D eigenvalue weighted by Crippen LogP contribution is 2.59. The van der Waals surface area contributed by atoms with Crippen LogP contribution in [-0.2, 0) is 23.7 Å². The molecule has 0 aromatic carbocycles. The lowest BCUT2D eigenvalue weighted by Crippen LogP contribution is -2.56. The molecule has 4 rings (SSSR count). The van der Waals surface area contributed by atoms with Gasteiger partial charge >= 0.3 is 5.97 Å². The van der Waals surface area contributed by atoms with Crippen molar-refractivity contribution < 1.29 is 23.7 Å². The Labute approximate surface area is 161 Å². The summed E-state index contributed by atoms with van der Waals surface area (Å²) in [6.07, 6.45) is 6.83. The Morgan fingerprint density at radius 3 is 2.63 bits per heavy atom. The molecule has 6 heteroatoms. The molecular weight excluding hydrogens is 346 g/mol. The van der Waals surface area contributed by atoms with Crippen molar-refractivity contribution in [2.45, 2.75) is 88.4 Å². The molecular formula is C21H33NO5. The highest BCUT2D eigenvalue weighted by Gasteiger charge is 2.72. The van der Waals surface area contributed by atoms with E-state index in [4.69, 9.17) is 18.9 Å². The third-order valence-electron chi connectivity index (χ3n) is 6.63. The summed E-state index contributed by atoms with van der Waals surface area (Å²) in [5, 5.41) is 3.22. The van der Waals surface area contributed by atoms with E-state index in [0.717, 1.165) is 38.7 Å². The monoisotopic (exact) mass is 379 g/mol. The molecule has 2 heterocycles. The third kappa shape index (κ3) is 3.95. The summed E-state index contributed by atoms with van der Waals surface area (Å²) in [4.78, 5) is 12.3. The van der Waals surface area contributed by atoms with Crippen LogP contribution in [-0.4, -0.2) is 61.8 Å². The van der Waals surface area contributed by atoms with Gasteiger partial charge in [-0.1, -0.05) is 11.6 Å². The first-order valence-electron chi connectivity index (χ1n) is 10.3. The van der Waals surface area contributed by atoms with Crippen molar-refractivity contribution in [1.82, 2.24) is 5.32 Å². The Balaban J connectivity index is 1.43. The van der Waals surface area contributed by atoms with Crippen molar-refractivity contribution in [1.29, 1.82) is 0 Å². The second-order valence-corrected chi connectivity index (χ2v) is 9.06. The van der Waals surface area contributed by atoms with Crippen molar-refractivity contribution in [3.8, 4) is 0 Å². The number of esters is 1. The van der Waals surface area contributed by atoms with Crippen LogP contribution < -0.4 is 5.32 Å². The second kappa shape index (κ2) is 7.14. The van der Waals surface area contributed by atoms with Crippen LogP contribution in [0.15, 0.2) is 11.6 Å². The van der Waals surface area contributed by atoms with Gasteiger partial charge in [-0.05, 0) is 52.9 Å². The number of hydrogen-bond donors (Lipinski definition) is 1. The van der Waals surface area contributed by atoms with Gasteiger partial charge in [-0.25, -0.2) is 0 Å². The summed E-state index contributed by atoms with van der Waals surface area (Å²) in [6.45, 7) is 7.40. The lowest BCUT2D eigenvalue weighted by molar-refractivity contribution is -0.170. The maximum absolute atomic E-state index is 12.3. The van der Waals surface area contributed by atoms with Crippen molar-refractivity contribution in [3.05, 3.63) is 11.6 Å². The van der Waals surface area contributed by atoms with E-state index in [-0.39, 0.29) is 47.9 Å². The van der Waals surface area contributed by atoms with E-state index >= 15 is 0 Å². The van der Waals surface area contributed by atoms with Gasteiger partial charge in [0, 0.05) is 13.2 Å². The van der Waals surface area contributed by atoms with Gasteiger partial charge in [-0.2, -0.15) is 0 Å². The van der Waals surface area contributed by atoms with Crippen molar-refractivity contribution in [2.75, 3.05) is 20.3 Å². The number of nitrogens with one attached hydrogen (secondary N) is 1. The summed E-state index contributed by atoms with van der Waals surface area (Å²) in [6, 6.07) is 0.493. The van der Waals surface area contributed by atoms with E-state index in [9.17, 15) is 4.79 Å². The van der Waals surface area contributed by atoms with Crippen molar-refractivity contribution in [2.24, 2.45) is 5.92 Å². The van der Waals surface area contributed by atoms with Gasteiger partial charge in [0.15, 0.2) is 0 Å². The molecule has 2 saturated carbocycles. The summed E-state index contributed by atoms with van der Waals surface area (Å²) in [5.74, 6) is -0.114. The van der Waals surface area contributed by atoms with Gasteiger partial charge < -0.3 is 24.3 Å². The standard InChI is InChI=1S/C21H33NO5/c1-13(2)5-8-16-20(3,27-16)19-18(24-4)15(9-10-21(19)12-25-21)26-17(23)11-22-14-6-7-14/h5,14-16,18-19,22H,6-12H2,1-4H3/t15-,16-,18-,19-,20-,21+/m1/s1. The van der Waals surface area contributed by atoms with Crippen LogP contribution in [0.5, 0.6) is 0 Å². The Hall–Kier alpha value is -0.950. The van der Waals surface area contributed by atoms with E-state index in [1.54, 1.807) is 7.11 Å². The fraction of sp³-hybridized carbons (Fsp3) is 0.857. The van der Waals surface area contributed by atoms with Crippen LogP contribution in [0.2, 0.25) is 0 Å². The molecule has 0 aromatic heterocycles.